The zero-order valence-electron chi connectivity index (χ0n) is 5.64. The van der Waals surface area contributed by atoms with Crippen molar-refractivity contribution in [2.45, 2.75) is 6.92 Å². The molecule has 1 radical (unpaired) electrons. The number of fused-ring (bicyclic) bond motifs is 1. The van der Waals surface area contributed by atoms with E-state index in [9.17, 15) is 0 Å². The average Bonchev–Trinajstić information content (AvgIpc) is 2.21. The molecule has 0 fully saturated rings. The van der Waals surface area contributed by atoms with Crippen molar-refractivity contribution in [3.63, 3.8) is 0 Å². The van der Waals surface area contributed by atoms with Crippen molar-refractivity contribution in [3.8, 4) is 0 Å². The molecule has 2 aromatic rings. The summed E-state index contributed by atoms with van der Waals surface area (Å²) in [6, 6.07) is 1.96. The zero-order valence-corrected chi connectivity index (χ0v) is 6.46. The Morgan fingerprint density at radius 2 is 2.50 bits per heavy atom. The first-order valence-corrected chi connectivity index (χ1v) is 3.85. The monoisotopic (exact) mass is 151 g/mol. The van der Waals surface area contributed by atoms with Crippen LogP contribution >= 0.6 is 11.3 Å². The van der Waals surface area contributed by atoms with Crippen molar-refractivity contribution in [2.24, 2.45) is 0 Å². The van der Waals surface area contributed by atoms with Gasteiger partial charge in [-0.15, -0.1) is 11.3 Å². The third-order valence-corrected chi connectivity index (χ3v) is 2.25. The largest absolute Gasteiger partial charge is 0.349 e. The van der Waals surface area contributed by atoms with Crippen LogP contribution in [0.15, 0.2) is 6.07 Å². The van der Waals surface area contributed by atoms with Crippen LogP contribution < -0.4 is 0 Å². The minimum atomic E-state index is 0.939. The second kappa shape index (κ2) is 1.83. The first kappa shape index (κ1) is 5.92. The molecule has 2 nitrogen and oxygen atoms in total. The number of nitrogens with one attached hydrogen (secondary N) is 1. The Morgan fingerprint density at radius 1 is 1.70 bits per heavy atom. The minimum Gasteiger partial charge on any atom is -0.349 e. The summed E-state index contributed by atoms with van der Waals surface area (Å²) in [5, 5.41) is 1.10. The van der Waals surface area contributed by atoms with Crippen LogP contribution in [-0.4, -0.2) is 9.97 Å². The number of aryl methyl sites for hydroxylation is 1. The SMILES string of the molecule is [CH2]c1cc2nc(C)sc2[nH]1. The van der Waals surface area contributed by atoms with Crippen LogP contribution in [0.2, 0.25) is 0 Å². The molecule has 0 saturated heterocycles. The molecule has 0 aliphatic carbocycles. The van der Waals surface area contributed by atoms with Crippen molar-refractivity contribution in [1.82, 2.24) is 9.97 Å². The van der Waals surface area contributed by atoms with E-state index in [4.69, 9.17) is 0 Å². The van der Waals surface area contributed by atoms with Gasteiger partial charge in [0.1, 0.15) is 4.83 Å². The first-order chi connectivity index (χ1) is 4.75. The molecule has 51 valence electrons. The molecule has 0 saturated carbocycles. The van der Waals surface area contributed by atoms with Gasteiger partial charge in [0.2, 0.25) is 0 Å². The second-order valence-corrected chi connectivity index (χ2v) is 3.45. The summed E-state index contributed by atoms with van der Waals surface area (Å²) in [4.78, 5) is 8.53. The topological polar surface area (TPSA) is 28.7 Å². The highest BCUT2D eigenvalue weighted by Crippen LogP contribution is 2.20. The molecule has 0 unspecified atom stereocenters. The van der Waals surface area contributed by atoms with E-state index in [-0.39, 0.29) is 0 Å². The van der Waals surface area contributed by atoms with E-state index >= 15 is 0 Å². The summed E-state index contributed by atoms with van der Waals surface area (Å²) in [5.41, 5.74) is 1.97. The molecule has 0 atom stereocenters. The van der Waals surface area contributed by atoms with Crippen molar-refractivity contribution in [1.29, 1.82) is 0 Å². The predicted molar refractivity (Wildman–Crippen MR) is 43.2 cm³/mol. The van der Waals surface area contributed by atoms with Gasteiger partial charge in [0.15, 0.2) is 0 Å². The summed E-state index contributed by atoms with van der Waals surface area (Å²) in [7, 11) is 0. The van der Waals surface area contributed by atoms with Crippen LogP contribution in [-0.2, 0) is 0 Å². The standard InChI is InChI=1S/C7H7N2S/c1-4-3-6-7(8-4)10-5(2)9-6/h3,8H,1H2,2H3. The third kappa shape index (κ3) is 0.743. The van der Waals surface area contributed by atoms with Gasteiger partial charge in [-0.1, -0.05) is 0 Å². The highest BCUT2D eigenvalue weighted by Gasteiger charge is 2.00. The maximum atomic E-state index is 4.28. The molecule has 0 spiro atoms. The van der Waals surface area contributed by atoms with Gasteiger partial charge in [-0.2, -0.15) is 0 Å². The normalized spacial score (nSPS) is 11.0. The lowest BCUT2D eigenvalue weighted by Crippen LogP contribution is -1.65. The number of thiazole rings is 1. The number of aromatic amines is 1. The fraction of sp³-hybridized carbons (Fsp3) is 0.143. The fourth-order valence-corrected chi connectivity index (χ4v) is 1.81. The van der Waals surface area contributed by atoms with Crippen molar-refractivity contribution < 1.29 is 0 Å². The van der Waals surface area contributed by atoms with E-state index in [0.717, 1.165) is 21.0 Å². The molecule has 2 rings (SSSR count). The number of aromatic nitrogens is 2. The quantitative estimate of drug-likeness (QED) is 0.613. The predicted octanol–water partition coefficient (Wildman–Crippen LogP) is 2.12. The number of hydrogen-bond donors (Lipinski definition) is 1. The molecular formula is C7H7N2S. The first-order valence-electron chi connectivity index (χ1n) is 3.04. The van der Waals surface area contributed by atoms with E-state index < -0.39 is 0 Å². The summed E-state index contributed by atoms with van der Waals surface area (Å²) in [6.45, 7) is 5.77. The van der Waals surface area contributed by atoms with Crippen LogP contribution in [0.1, 0.15) is 10.7 Å². The molecule has 2 heterocycles. The van der Waals surface area contributed by atoms with Gasteiger partial charge in [-0.3, -0.25) is 0 Å². The number of hydrogen-bond acceptors (Lipinski definition) is 2. The lowest BCUT2D eigenvalue weighted by Gasteiger charge is -1.76. The van der Waals surface area contributed by atoms with Crippen LogP contribution in [0, 0.1) is 13.8 Å². The lowest BCUT2D eigenvalue weighted by atomic mass is 10.5. The van der Waals surface area contributed by atoms with Crippen LogP contribution in [0.4, 0.5) is 0 Å². The highest BCUT2D eigenvalue weighted by molar-refractivity contribution is 7.18. The maximum absolute atomic E-state index is 4.28. The lowest BCUT2D eigenvalue weighted by molar-refractivity contribution is 1.35. The highest BCUT2D eigenvalue weighted by atomic mass is 32.1. The summed E-state index contributed by atoms with van der Waals surface area (Å²) in [5.74, 6) is 0. The Hall–Kier alpha value is -0.830. The van der Waals surface area contributed by atoms with Crippen LogP contribution in [0.3, 0.4) is 0 Å². The molecule has 3 heteroatoms. The van der Waals surface area contributed by atoms with E-state index in [2.05, 4.69) is 16.9 Å². The molecule has 0 aliphatic rings. The van der Waals surface area contributed by atoms with E-state index in [1.165, 1.54) is 0 Å². The van der Waals surface area contributed by atoms with Gasteiger partial charge in [-0.25, -0.2) is 4.98 Å². The van der Waals surface area contributed by atoms with Crippen LogP contribution in [0.5, 0.6) is 0 Å². The molecule has 10 heavy (non-hydrogen) atoms. The second-order valence-electron chi connectivity index (χ2n) is 2.24. The van der Waals surface area contributed by atoms with E-state index in [0.29, 0.717) is 0 Å². The van der Waals surface area contributed by atoms with Crippen molar-refractivity contribution in [3.05, 3.63) is 23.7 Å². The van der Waals surface area contributed by atoms with Gasteiger partial charge in [0, 0.05) is 5.69 Å². The Kier molecular flexibility index (Phi) is 1.08. The Labute approximate surface area is 62.9 Å². The van der Waals surface area contributed by atoms with Crippen molar-refractivity contribution >= 4 is 21.7 Å². The third-order valence-electron chi connectivity index (χ3n) is 1.35. The smallest absolute Gasteiger partial charge is 0.120 e. The maximum Gasteiger partial charge on any atom is 0.120 e. The average molecular weight is 151 g/mol. The molecule has 0 aliphatic heterocycles. The minimum absolute atomic E-state index is 0.939. The molecule has 0 bridgehead atoms. The fourth-order valence-electron chi connectivity index (χ4n) is 0.978. The van der Waals surface area contributed by atoms with Crippen LogP contribution in [0.25, 0.3) is 10.3 Å². The molecule has 0 amide bonds. The Bertz CT molecular complexity index is 295. The zero-order chi connectivity index (χ0) is 7.14. The van der Waals surface area contributed by atoms with Gasteiger partial charge in [0.25, 0.3) is 0 Å². The van der Waals surface area contributed by atoms with E-state index in [1.54, 1.807) is 11.3 Å². The Morgan fingerprint density at radius 3 is 3.20 bits per heavy atom. The number of nitrogens with zero attached hydrogens (tertiary/aromatic N) is 1. The van der Waals surface area contributed by atoms with E-state index in [1.807, 2.05) is 13.0 Å². The van der Waals surface area contributed by atoms with Crippen molar-refractivity contribution in [2.75, 3.05) is 0 Å². The molecule has 2 aromatic heterocycles. The van der Waals surface area contributed by atoms with Gasteiger partial charge < -0.3 is 4.98 Å². The molecule has 0 aromatic carbocycles. The number of H-pyrrole nitrogens is 1. The molecular weight excluding hydrogens is 144 g/mol. The number of rotatable bonds is 0. The van der Waals surface area contributed by atoms with Gasteiger partial charge >= 0.3 is 0 Å². The van der Waals surface area contributed by atoms with Gasteiger partial charge in [-0.05, 0) is 19.9 Å². The Balaban J connectivity index is 2.83. The summed E-state index contributed by atoms with van der Waals surface area (Å²) in [6.07, 6.45) is 0. The molecule has 1 N–H and O–H groups in total. The van der Waals surface area contributed by atoms with Gasteiger partial charge in [0.05, 0.1) is 10.5 Å². The summed E-state index contributed by atoms with van der Waals surface area (Å²) >= 11 is 1.67. The summed E-state index contributed by atoms with van der Waals surface area (Å²) < 4.78 is 0.